The van der Waals surface area contributed by atoms with E-state index in [0.717, 1.165) is 11.3 Å². The fourth-order valence-corrected chi connectivity index (χ4v) is 5.89. The fraction of sp³-hybridized carbons (Fsp3) is 0.333. The molecule has 0 atom stereocenters. The quantitative estimate of drug-likeness (QED) is 0.540. The van der Waals surface area contributed by atoms with Gasteiger partial charge in [-0.1, -0.05) is 35.9 Å². The molecule has 2 heterocycles. The molecule has 1 aliphatic rings. The van der Waals surface area contributed by atoms with Crippen LogP contribution in [0.2, 0.25) is 5.02 Å². The van der Waals surface area contributed by atoms with Gasteiger partial charge in [-0.05, 0) is 56.5 Å². The normalized spacial score (nSPS) is 15.4. The zero-order valence-electron chi connectivity index (χ0n) is 19.0. The van der Waals surface area contributed by atoms with Crippen LogP contribution in [-0.2, 0) is 21.4 Å². The lowest BCUT2D eigenvalue weighted by Crippen LogP contribution is -2.41. The summed E-state index contributed by atoms with van der Waals surface area (Å²) >= 11 is 6.15. The number of halogens is 2. The monoisotopic (exact) mass is 504 g/mol. The van der Waals surface area contributed by atoms with Crippen molar-refractivity contribution in [2.75, 3.05) is 18.4 Å². The van der Waals surface area contributed by atoms with E-state index in [-0.39, 0.29) is 29.8 Å². The Kier molecular flexibility index (Phi) is 7.06. The van der Waals surface area contributed by atoms with Gasteiger partial charge in [-0.15, -0.1) is 0 Å². The maximum absolute atomic E-state index is 13.3. The largest absolute Gasteiger partial charge is 0.323 e. The van der Waals surface area contributed by atoms with Crippen LogP contribution in [0.15, 0.2) is 53.4 Å². The number of benzene rings is 2. The average molecular weight is 505 g/mol. The zero-order chi connectivity index (χ0) is 24.5. The van der Waals surface area contributed by atoms with E-state index < -0.39 is 15.8 Å². The molecule has 0 aliphatic carbocycles. The first-order valence-corrected chi connectivity index (χ1v) is 12.8. The van der Waals surface area contributed by atoms with Crippen molar-refractivity contribution in [1.29, 1.82) is 0 Å². The summed E-state index contributed by atoms with van der Waals surface area (Å²) in [5.41, 5.74) is 2.77. The Hall–Kier alpha value is -2.75. The van der Waals surface area contributed by atoms with Gasteiger partial charge < -0.3 is 5.32 Å². The highest BCUT2D eigenvalue weighted by Gasteiger charge is 2.32. The lowest BCUT2D eigenvalue weighted by molar-refractivity contribution is -0.120. The van der Waals surface area contributed by atoms with Crippen LogP contribution < -0.4 is 5.32 Å². The van der Waals surface area contributed by atoms with Gasteiger partial charge >= 0.3 is 0 Å². The molecule has 2 aromatic carbocycles. The van der Waals surface area contributed by atoms with Crippen molar-refractivity contribution in [3.8, 4) is 0 Å². The lowest BCUT2D eigenvalue weighted by atomic mass is 9.97. The second-order valence-electron chi connectivity index (χ2n) is 8.42. The molecule has 0 bridgehead atoms. The number of aryl methyl sites for hydroxylation is 1. The fourth-order valence-electron chi connectivity index (χ4n) is 4.17. The molecule has 1 aliphatic heterocycles. The van der Waals surface area contributed by atoms with Crippen LogP contribution in [0.3, 0.4) is 0 Å². The maximum Gasteiger partial charge on any atom is 0.243 e. The molecule has 0 saturated carbocycles. The number of anilines is 1. The van der Waals surface area contributed by atoms with E-state index in [1.807, 2.05) is 6.92 Å². The molecule has 34 heavy (non-hydrogen) atoms. The minimum atomic E-state index is -3.56. The third-order valence-corrected chi connectivity index (χ3v) is 8.44. The molecule has 0 spiro atoms. The molecular formula is C24H26ClFN4O3S. The number of nitrogens with one attached hydrogen (secondary N) is 1. The number of hydrogen-bond acceptors (Lipinski definition) is 4. The lowest BCUT2D eigenvalue weighted by Gasteiger charge is -2.30. The third kappa shape index (κ3) is 5.01. The van der Waals surface area contributed by atoms with Crippen LogP contribution in [0.1, 0.15) is 29.8 Å². The van der Waals surface area contributed by atoms with Gasteiger partial charge in [-0.25, -0.2) is 12.8 Å². The number of aromatic nitrogens is 2. The number of carbonyl (C=O) groups excluding carboxylic acids is 1. The molecule has 0 unspecified atom stereocenters. The Morgan fingerprint density at radius 3 is 2.47 bits per heavy atom. The van der Waals surface area contributed by atoms with Crippen molar-refractivity contribution >= 4 is 33.2 Å². The molecule has 0 radical (unpaired) electrons. The van der Waals surface area contributed by atoms with Crippen molar-refractivity contribution in [3.05, 3.63) is 76.3 Å². The average Bonchev–Trinajstić information content (AvgIpc) is 3.08. The highest BCUT2D eigenvalue weighted by atomic mass is 35.5. The number of amides is 1. The van der Waals surface area contributed by atoms with Crippen LogP contribution in [0.5, 0.6) is 0 Å². The molecular weight excluding hydrogens is 479 g/mol. The standard InChI is InChI=1S/C24H26ClFN4O3S/c1-16-23(17(2)30(28-16)15-19-8-9-20(26)14-22(19)25)27-24(31)18-10-12-29(13-11-18)34(32,33)21-6-4-3-5-7-21/h3-9,14,18H,10-13,15H2,1-2H3,(H,27,31). The molecule has 1 amide bonds. The van der Waals surface area contributed by atoms with Crippen LogP contribution >= 0.6 is 11.6 Å². The summed E-state index contributed by atoms with van der Waals surface area (Å²) in [6, 6.07) is 12.5. The first kappa shape index (κ1) is 24.4. The maximum atomic E-state index is 13.3. The second-order valence-corrected chi connectivity index (χ2v) is 10.8. The van der Waals surface area contributed by atoms with E-state index >= 15 is 0 Å². The number of rotatable bonds is 6. The molecule has 1 aromatic heterocycles. The molecule has 7 nitrogen and oxygen atoms in total. The van der Waals surface area contributed by atoms with Crippen molar-refractivity contribution < 1.29 is 17.6 Å². The number of hydrogen-bond donors (Lipinski definition) is 1. The molecule has 4 rings (SSSR count). The molecule has 1 N–H and O–H groups in total. The van der Waals surface area contributed by atoms with Gasteiger partial charge in [0.1, 0.15) is 5.82 Å². The summed E-state index contributed by atoms with van der Waals surface area (Å²) in [7, 11) is -3.56. The molecule has 180 valence electrons. The Labute approximate surface area is 203 Å². The minimum absolute atomic E-state index is 0.151. The SMILES string of the molecule is Cc1nn(Cc2ccc(F)cc2Cl)c(C)c1NC(=O)C1CCN(S(=O)(=O)c2ccccc2)CC1. The van der Waals surface area contributed by atoms with Gasteiger partial charge in [-0.2, -0.15) is 9.40 Å². The molecule has 10 heteroatoms. The van der Waals surface area contributed by atoms with Gasteiger partial charge in [-0.3, -0.25) is 9.48 Å². The summed E-state index contributed by atoms with van der Waals surface area (Å²) in [5, 5.41) is 7.80. The predicted octanol–water partition coefficient (Wildman–Crippen LogP) is 4.38. The number of carbonyl (C=O) groups is 1. The van der Waals surface area contributed by atoms with Crippen LogP contribution in [0, 0.1) is 25.6 Å². The summed E-state index contributed by atoms with van der Waals surface area (Å²) in [5.74, 6) is -0.851. The summed E-state index contributed by atoms with van der Waals surface area (Å²) in [6.45, 7) is 4.57. The molecule has 1 fully saturated rings. The van der Waals surface area contributed by atoms with Gasteiger partial charge in [0.05, 0.1) is 28.5 Å². The van der Waals surface area contributed by atoms with Crippen LogP contribution in [-0.4, -0.2) is 41.5 Å². The van der Waals surface area contributed by atoms with Gasteiger partial charge in [0.15, 0.2) is 0 Å². The van der Waals surface area contributed by atoms with Gasteiger partial charge in [0.25, 0.3) is 0 Å². The highest BCUT2D eigenvalue weighted by molar-refractivity contribution is 7.89. The van der Waals surface area contributed by atoms with E-state index in [0.29, 0.717) is 35.8 Å². The Morgan fingerprint density at radius 1 is 1.15 bits per heavy atom. The highest BCUT2D eigenvalue weighted by Crippen LogP contribution is 2.27. The van der Waals surface area contributed by atoms with E-state index in [2.05, 4.69) is 10.4 Å². The summed E-state index contributed by atoms with van der Waals surface area (Å²) in [4.78, 5) is 13.2. The minimum Gasteiger partial charge on any atom is -0.323 e. The first-order valence-electron chi connectivity index (χ1n) is 11.0. The van der Waals surface area contributed by atoms with Crippen LogP contribution in [0.25, 0.3) is 0 Å². The number of nitrogens with zero attached hydrogens (tertiary/aromatic N) is 3. The van der Waals surface area contributed by atoms with Crippen molar-refractivity contribution in [3.63, 3.8) is 0 Å². The van der Waals surface area contributed by atoms with Crippen molar-refractivity contribution in [1.82, 2.24) is 14.1 Å². The van der Waals surface area contributed by atoms with E-state index in [1.165, 1.54) is 16.4 Å². The van der Waals surface area contributed by atoms with Gasteiger partial charge in [0.2, 0.25) is 15.9 Å². The zero-order valence-corrected chi connectivity index (χ0v) is 20.5. The molecule has 3 aromatic rings. The van der Waals surface area contributed by atoms with E-state index in [9.17, 15) is 17.6 Å². The Morgan fingerprint density at radius 2 is 1.82 bits per heavy atom. The van der Waals surface area contributed by atoms with Crippen molar-refractivity contribution in [2.24, 2.45) is 5.92 Å². The van der Waals surface area contributed by atoms with E-state index in [4.69, 9.17) is 11.6 Å². The smallest absolute Gasteiger partial charge is 0.243 e. The van der Waals surface area contributed by atoms with Crippen molar-refractivity contribution in [2.45, 2.75) is 38.1 Å². The van der Waals surface area contributed by atoms with Crippen LogP contribution in [0.4, 0.5) is 10.1 Å². The summed E-state index contributed by atoms with van der Waals surface area (Å²) in [6.07, 6.45) is 0.880. The predicted molar refractivity (Wildman–Crippen MR) is 129 cm³/mol. The third-order valence-electron chi connectivity index (χ3n) is 6.17. The van der Waals surface area contributed by atoms with Gasteiger partial charge in [0, 0.05) is 24.0 Å². The van der Waals surface area contributed by atoms with E-state index in [1.54, 1.807) is 48.0 Å². The second kappa shape index (κ2) is 9.85. The first-order chi connectivity index (χ1) is 16.2. The Balaban J connectivity index is 1.41. The topological polar surface area (TPSA) is 84.3 Å². The summed E-state index contributed by atoms with van der Waals surface area (Å²) < 4.78 is 42.1. The molecule has 1 saturated heterocycles. The number of piperidine rings is 1. The number of sulfonamides is 1. The Bertz CT molecular complexity index is 1300.